The van der Waals surface area contributed by atoms with Crippen LogP contribution < -0.4 is 14.2 Å². The van der Waals surface area contributed by atoms with Crippen LogP contribution in [0.15, 0.2) is 71.7 Å². The van der Waals surface area contributed by atoms with Gasteiger partial charge in [-0.15, -0.1) is 0 Å². The number of amidine groups is 1. The van der Waals surface area contributed by atoms with Crippen LogP contribution in [0.1, 0.15) is 11.1 Å². The number of rotatable bonds is 4. The zero-order chi connectivity index (χ0) is 26.0. The van der Waals surface area contributed by atoms with Crippen molar-refractivity contribution in [3.63, 3.8) is 0 Å². The molecule has 2 aliphatic heterocycles. The first-order chi connectivity index (χ1) is 17.8. The number of halogens is 3. The molecular formula is C27H24F3N3O4. The third-order valence-corrected chi connectivity index (χ3v) is 6.20. The quantitative estimate of drug-likeness (QED) is 0.487. The summed E-state index contributed by atoms with van der Waals surface area (Å²) in [5, 5.41) is 0. The predicted octanol–water partition coefficient (Wildman–Crippen LogP) is 5.12. The molecule has 3 aromatic rings. The van der Waals surface area contributed by atoms with E-state index in [1.165, 1.54) is 13.2 Å². The van der Waals surface area contributed by atoms with Gasteiger partial charge in [0.1, 0.15) is 28.8 Å². The van der Waals surface area contributed by atoms with Gasteiger partial charge in [-0.2, -0.15) is 13.2 Å². The first kappa shape index (κ1) is 24.5. The Hall–Kier alpha value is -4.21. The van der Waals surface area contributed by atoms with Crippen molar-refractivity contribution in [3.8, 4) is 23.0 Å². The number of para-hydroxylation sites is 1. The largest absolute Gasteiger partial charge is 0.497 e. The third kappa shape index (κ3) is 5.32. The molecule has 0 bridgehead atoms. The lowest BCUT2D eigenvalue weighted by Crippen LogP contribution is -2.51. The Morgan fingerprint density at radius 1 is 0.946 bits per heavy atom. The van der Waals surface area contributed by atoms with E-state index in [9.17, 15) is 18.0 Å². The fourth-order valence-electron chi connectivity index (χ4n) is 4.22. The van der Waals surface area contributed by atoms with Crippen LogP contribution in [0.3, 0.4) is 0 Å². The van der Waals surface area contributed by atoms with Crippen LogP contribution in [-0.4, -0.2) is 61.4 Å². The highest BCUT2D eigenvalue weighted by Gasteiger charge is 2.33. The average Bonchev–Trinajstić information content (AvgIpc) is 3.07. The van der Waals surface area contributed by atoms with Crippen molar-refractivity contribution >= 4 is 17.4 Å². The maximum atomic E-state index is 13.4. The van der Waals surface area contributed by atoms with Gasteiger partial charge in [-0.1, -0.05) is 18.2 Å². The average molecular weight is 512 g/mol. The fourth-order valence-corrected chi connectivity index (χ4v) is 4.22. The second kappa shape index (κ2) is 10.0. The molecule has 1 saturated heterocycles. The summed E-state index contributed by atoms with van der Waals surface area (Å²) in [6.45, 7) is 1.60. The van der Waals surface area contributed by atoms with E-state index >= 15 is 0 Å². The van der Waals surface area contributed by atoms with Crippen molar-refractivity contribution < 1.29 is 32.2 Å². The number of amides is 1. The number of hydrogen-bond donors (Lipinski definition) is 0. The number of fused-ring (bicyclic) bond motifs is 2. The van der Waals surface area contributed by atoms with Gasteiger partial charge in [0, 0.05) is 26.2 Å². The van der Waals surface area contributed by atoms with Gasteiger partial charge in [-0.05, 0) is 48.5 Å². The van der Waals surface area contributed by atoms with Gasteiger partial charge >= 0.3 is 6.18 Å². The molecule has 0 atom stereocenters. The number of hydrogen-bond acceptors (Lipinski definition) is 6. The number of alkyl halides is 3. The summed E-state index contributed by atoms with van der Waals surface area (Å²) in [6.07, 6.45) is -4.51. The van der Waals surface area contributed by atoms with Crippen LogP contribution >= 0.6 is 0 Å². The molecule has 1 fully saturated rings. The number of ether oxygens (including phenoxy) is 3. The summed E-state index contributed by atoms with van der Waals surface area (Å²) in [5.74, 6) is 2.17. The van der Waals surface area contributed by atoms with Gasteiger partial charge in [-0.3, -0.25) is 4.79 Å². The lowest BCUT2D eigenvalue weighted by Gasteiger charge is -2.36. The lowest BCUT2D eigenvalue weighted by molar-refractivity contribution is -0.137. The molecule has 0 unspecified atom stereocenters. The smallest absolute Gasteiger partial charge is 0.416 e. The van der Waals surface area contributed by atoms with E-state index in [1.54, 1.807) is 35.2 Å². The molecule has 0 radical (unpaired) electrons. The normalized spacial score (nSPS) is 15.1. The Balaban J connectivity index is 1.39. The Kier molecular flexibility index (Phi) is 6.64. The van der Waals surface area contributed by atoms with Crippen LogP contribution in [0.5, 0.6) is 23.0 Å². The van der Waals surface area contributed by atoms with Crippen LogP contribution in [0, 0.1) is 0 Å². The summed E-state index contributed by atoms with van der Waals surface area (Å²) >= 11 is 0. The SMILES string of the molecule is COc1ccc2c(c1)C(N1CCN(C(=O)COc3ccccc3)CC1)=Nc1cc(C(F)(F)F)ccc1O2. The lowest BCUT2D eigenvalue weighted by atomic mass is 10.1. The molecule has 0 N–H and O–H groups in total. The standard InChI is InChI=1S/C27H24F3N3O4/c1-35-20-8-10-23-21(16-20)26(31-22-15-18(27(28,29)30)7-9-24(22)37-23)33-13-11-32(12-14-33)25(34)17-36-19-5-3-2-4-6-19/h2-10,15-16H,11-14,17H2,1H3. The maximum Gasteiger partial charge on any atom is 0.416 e. The van der Waals surface area contributed by atoms with Gasteiger partial charge in [0.2, 0.25) is 0 Å². The van der Waals surface area contributed by atoms with Crippen molar-refractivity contribution in [2.75, 3.05) is 39.9 Å². The van der Waals surface area contributed by atoms with Gasteiger partial charge in [-0.25, -0.2) is 4.99 Å². The summed E-state index contributed by atoms with van der Waals surface area (Å²) in [4.78, 5) is 21.0. The highest BCUT2D eigenvalue weighted by Crippen LogP contribution is 2.42. The molecule has 7 nitrogen and oxygen atoms in total. The number of methoxy groups -OCH3 is 1. The van der Waals surface area contributed by atoms with Crippen LogP contribution in [-0.2, 0) is 11.0 Å². The summed E-state index contributed by atoms with van der Waals surface area (Å²) in [5.41, 5.74) is -0.138. The minimum absolute atomic E-state index is 0.0770. The summed E-state index contributed by atoms with van der Waals surface area (Å²) in [7, 11) is 1.53. The van der Waals surface area contributed by atoms with Crippen molar-refractivity contribution in [2.24, 2.45) is 4.99 Å². The minimum atomic E-state index is -4.51. The van der Waals surface area contributed by atoms with E-state index in [4.69, 9.17) is 14.2 Å². The fraction of sp³-hybridized carbons (Fsp3) is 0.259. The first-order valence-corrected chi connectivity index (χ1v) is 11.7. The monoisotopic (exact) mass is 511 g/mol. The van der Waals surface area contributed by atoms with Gasteiger partial charge in [0.05, 0.1) is 18.2 Å². The number of piperazine rings is 1. The Morgan fingerprint density at radius 2 is 1.68 bits per heavy atom. The molecule has 2 aliphatic rings. The van der Waals surface area contributed by atoms with Crippen LogP contribution in [0.2, 0.25) is 0 Å². The van der Waals surface area contributed by atoms with Crippen molar-refractivity contribution in [1.82, 2.24) is 9.80 Å². The van der Waals surface area contributed by atoms with E-state index < -0.39 is 11.7 Å². The Bertz CT molecular complexity index is 1320. The van der Waals surface area contributed by atoms with Crippen molar-refractivity contribution in [3.05, 3.63) is 77.9 Å². The minimum Gasteiger partial charge on any atom is -0.497 e. The first-order valence-electron chi connectivity index (χ1n) is 11.7. The van der Waals surface area contributed by atoms with Crippen LogP contribution in [0.25, 0.3) is 0 Å². The second-order valence-electron chi connectivity index (χ2n) is 8.55. The van der Waals surface area contributed by atoms with E-state index in [2.05, 4.69) is 4.99 Å². The molecule has 2 heterocycles. The molecule has 37 heavy (non-hydrogen) atoms. The van der Waals surface area contributed by atoms with E-state index in [0.717, 1.165) is 12.1 Å². The Morgan fingerprint density at radius 3 is 2.38 bits per heavy atom. The zero-order valence-corrected chi connectivity index (χ0v) is 20.0. The van der Waals surface area contributed by atoms with E-state index in [-0.39, 0.29) is 24.0 Å². The molecule has 3 aromatic carbocycles. The number of carbonyl (C=O) groups excluding carboxylic acids is 1. The van der Waals surface area contributed by atoms with Gasteiger partial charge in [0.15, 0.2) is 12.4 Å². The number of benzene rings is 3. The third-order valence-electron chi connectivity index (χ3n) is 6.20. The molecule has 0 spiro atoms. The van der Waals surface area contributed by atoms with Gasteiger partial charge < -0.3 is 24.0 Å². The highest BCUT2D eigenvalue weighted by atomic mass is 19.4. The molecular weight excluding hydrogens is 487 g/mol. The summed E-state index contributed by atoms with van der Waals surface area (Å²) < 4.78 is 57.1. The zero-order valence-electron chi connectivity index (χ0n) is 20.0. The molecule has 0 saturated carbocycles. The maximum absolute atomic E-state index is 13.4. The molecule has 1 amide bonds. The number of aliphatic imine (C=N–C) groups is 1. The predicted molar refractivity (Wildman–Crippen MR) is 131 cm³/mol. The molecule has 0 aliphatic carbocycles. The van der Waals surface area contributed by atoms with Crippen molar-refractivity contribution in [1.29, 1.82) is 0 Å². The second-order valence-corrected chi connectivity index (χ2v) is 8.55. The van der Waals surface area contributed by atoms with E-state index in [0.29, 0.717) is 54.8 Å². The topological polar surface area (TPSA) is 63.6 Å². The number of carbonyl (C=O) groups is 1. The number of nitrogens with zero attached hydrogens (tertiary/aromatic N) is 3. The summed E-state index contributed by atoms with van der Waals surface area (Å²) in [6, 6.07) is 17.5. The van der Waals surface area contributed by atoms with Gasteiger partial charge in [0.25, 0.3) is 5.91 Å². The van der Waals surface area contributed by atoms with E-state index in [1.807, 2.05) is 23.1 Å². The van der Waals surface area contributed by atoms with Crippen LogP contribution in [0.4, 0.5) is 18.9 Å². The molecule has 192 valence electrons. The van der Waals surface area contributed by atoms with Crippen molar-refractivity contribution in [2.45, 2.75) is 6.18 Å². The molecule has 10 heteroatoms. The Labute approximate surface area is 211 Å². The highest BCUT2D eigenvalue weighted by molar-refractivity contribution is 6.04. The molecule has 0 aromatic heterocycles. The molecule has 5 rings (SSSR count).